The zero-order chi connectivity index (χ0) is 33.6. The molecule has 47 heavy (non-hydrogen) atoms. The number of halogens is 4. The van der Waals surface area contributed by atoms with Gasteiger partial charge in [0, 0.05) is 23.7 Å². The number of nitrogens with zero attached hydrogens (tertiary/aromatic N) is 4. The van der Waals surface area contributed by atoms with Gasteiger partial charge in [0.15, 0.2) is 5.75 Å². The lowest BCUT2D eigenvalue weighted by Crippen LogP contribution is -2.54. The van der Waals surface area contributed by atoms with Crippen LogP contribution in [-0.4, -0.2) is 39.1 Å². The van der Waals surface area contributed by atoms with Crippen molar-refractivity contribution in [3.8, 4) is 5.75 Å². The summed E-state index contributed by atoms with van der Waals surface area (Å²) in [6.07, 6.45) is -0.489. The maximum atomic E-state index is 13.8. The van der Waals surface area contributed by atoms with Gasteiger partial charge < -0.3 is 14.4 Å². The van der Waals surface area contributed by atoms with Gasteiger partial charge in [0.25, 0.3) is 0 Å². The zero-order valence-electron chi connectivity index (χ0n) is 26.5. The van der Waals surface area contributed by atoms with E-state index in [0.717, 1.165) is 23.3 Å². The Kier molecular flexibility index (Phi) is 10.9. The molecule has 1 aromatic heterocycles. The van der Waals surface area contributed by atoms with E-state index < -0.39 is 17.8 Å². The highest BCUT2D eigenvalue weighted by Crippen LogP contribution is 2.40. The van der Waals surface area contributed by atoms with Crippen molar-refractivity contribution in [1.29, 1.82) is 0 Å². The molecular formula is C36H38ClF3N4O3. The molecule has 0 bridgehead atoms. The van der Waals surface area contributed by atoms with Crippen LogP contribution in [0.5, 0.6) is 5.75 Å². The van der Waals surface area contributed by atoms with Crippen molar-refractivity contribution in [3.63, 3.8) is 0 Å². The first kappa shape index (κ1) is 34.0. The Balaban J connectivity index is 1.51. The number of benzene rings is 3. The molecule has 11 heteroatoms. The largest absolute Gasteiger partial charge is 0.486 e. The molecule has 1 unspecified atom stereocenters. The third kappa shape index (κ3) is 8.74. The molecule has 0 radical (unpaired) electrons. The fraction of sp³-hybridized carbons (Fsp3) is 0.361. The predicted molar refractivity (Wildman–Crippen MR) is 175 cm³/mol. The Morgan fingerprint density at radius 1 is 0.979 bits per heavy atom. The van der Waals surface area contributed by atoms with Crippen molar-refractivity contribution in [1.82, 2.24) is 14.9 Å². The highest BCUT2D eigenvalue weighted by Gasteiger charge is 2.42. The highest BCUT2D eigenvalue weighted by atomic mass is 35.5. The second-order valence-corrected chi connectivity index (χ2v) is 12.4. The molecule has 4 aromatic rings. The summed E-state index contributed by atoms with van der Waals surface area (Å²) in [7, 11) is 0. The molecule has 248 valence electrons. The lowest BCUT2D eigenvalue weighted by Gasteiger charge is -2.47. The number of piperidine rings is 1. The number of aromatic nitrogens is 2. The monoisotopic (exact) mass is 666 g/mol. The number of hydrogen-bond donors (Lipinski definition) is 0. The van der Waals surface area contributed by atoms with Crippen molar-refractivity contribution in [2.45, 2.75) is 83.6 Å². The molecule has 1 aliphatic rings. The minimum Gasteiger partial charge on any atom is -0.486 e. The lowest BCUT2D eigenvalue weighted by atomic mass is 9.85. The summed E-state index contributed by atoms with van der Waals surface area (Å²) < 4.78 is 52.9. The number of hydrogen-bond acceptors (Lipinski definition) is 6. The first-order chi connectivity index (χ1) is 22.5. The van der Waals surface area contributed by atoms with Gasteiger partial charge in [-0.15, -0.1) is 0 Å². The van der Waals surface area contributed by atoms with Crippen LogP contribution in [0.25, 0.3) is 0 Å². The molecular weight excluding hydrogens is 629 g/mol. The first-order valence-electron chi connectivity index (χ1n) is 15.7. The van der Waals surface area contributed by atoms with Crippen molar-refractivity contribution in [2.75, 3.05) is 4.90 Å². The maximum Gasteiger partial charge on any atom is 0.416 e. The molecule has 0 aliphatic carbocycles. The van der Waals surface area contributed by atoms with Gasteiger partial charge in [-0.3, -0.25) is 4.90 Å². The van der Waals surface area contributed by atoms with E-state index in [9.17, 15) is 18.0 Å². The third-order valence-corrected chi connectivity index (χ3v) is 8.39. The van der Waals surface area contributed by atoms with E-state index in [1.807, 2.05) is 91.2 Å². The van der Waals surface area contributed by atoms with Crippen LogP contribution in [0, 0.1) is 0 Å². The summed E-state index contributed by atoms with van der Waals surface area (Å²) in [5.41, 5.74) is 1.46. The molecule has 2 heterocycles. The van der Waals surface area contributed by atoms with Gasteiger partial charge in [-0.05, 0) is 68.0 Å². The minimum absolute atomic E-state index is 0.0137. The van der Waals surface area contributed by atoms with Gasteiger partial charge in [-0.2, -0.15) is 13.2 Å². The van der Waals surface area contributed by atoms with Crippen LogP contribution in [-0.2, 0) is 24.1 Å². The lowest BCUT2D eigenvalue weighted by molar-refractivity contribution is -0.137. The Hall–Kier alpha value is -4.31. The number of rotatable bonds is 10. The van der Waals surface area contributed by atoms with E-state index >= 15 is 0 Å². The zero-order valence-corrected chi connectivity index (χ0v) is 27.3. The quantitative estimate of drug-likeness (QED) is 0.168. The highest BCUT2D eigenvalue weighted by molar-refractivity contribution is 6.30. The number of carbonyl (C=O) groups excluding carboxylic acids is 1. The van der Waals surface area contributed by atoms with Gasteiger partial charge >= 0.3 is 12.3 Å². The van der Waals surface area contributed by atoms with Crippen molar-refractivity contribution >= 4 is 23.6 Å². The Bertz CT molecular complexity index is 1610. The molecule has 0 N–H and O–H groups in total. The molecule has 1 aliphatic heterocycles. The number of amides is 1. The Morgan fingerprint density at radius 2 is 1.64 bits per heavy atom. The summed E-state index contributed by atoms with van der Waals surface area (Å²) in [6.45, 7) is 6.03. The van der Waals surface area contributed by atoms with Crippen molar-refractivity contribution < 1.29 is 27.4 Å². The van der Waals surface area contributed by atoms with Gasteiger partial charge in [0.05, 0.1) is 30.1 Å². The molecule has 5 rings (SSSR count). The van der Waals surface area contributed by atoms with Crippen LogP contribution in [0.4, 0.5) is 23.9 Å². The van der Waals surface area contributed by atoms with E-state index in [4.69, 9.17) is 21.1 Å². The van der Waals surface area contributed by atoms with Crippen LogP contribution in [0.15, 0.2) is 91.3 Å². The summed E-state index contributed by atoms with van der Waals surface area (Å²) in [6, 6.07) is 22.1. The number of alkyl halides is 3. The minimum atomic E-state index is -4.56. The average molecular weight is 667 g/mol. The number of anilines is 1. The van der Waals surface area contributed by atoms with Gasteiger partial charge in [0.1, 0.15) is 6.61 Å². The van der Waals surface area contributed by atoms with Crippen LogP contribution in [0.2, 0.25) is 5.02 Å². The number of carbonyl (C=O) groups is 1. The van der Waals surface area contributed by atoms with Crippen molar-refractivity contribution in [3.05, 3.63) is 119 Å². The van der Waals surface area contributed by atoms with Gasteiger partial charge in [-0.1, -0.05) is 79.2 Å². The second kappa shape index (κ2) is 15.1. The van der Waals surface area contributed by atoms with E-state index in [1.54, 1.807) is 12.4 Å². The fourth-order valence-corrected chi connectivity index (χ4v) is 6.27. The maximum absolute atomic E-state index is 13.8. The standard InChI is InChI=1S/C36H38ClF3N4O3/c1-4-30-18-31(19-33(27-13-9-6-10-14-27)44(30)35(45)47-24(2)3)43(22-26-15-28(36(38,39)40)17-29(37)16-26)34-41-20-32(21-42-34)46-23-25-11-7-5-8-12-25/h5-17,20-21,24,30-31,33H,4,18-19,22-23H2,1-3H3/t30-,31+,33?/m1/s1. The SMILES string of the molecule is CC[C@@H]1C[C@H](N(Cc2cc(Cl)cc(C(F)(F)F)c2)c2ncc(OCc3ccccc3)cn2)CC(c2ccccc2)N1C(=O)OC(C)C. The molecule has 0 saturated carbocycles. The summed E-state index contributed by atoms with van der Waals surface area (Å²) in [5.74, 6) is 0.787. The number of ether oxygens (including phenoxy) is 2. The molecule has 7 nitrogen and oxygen atoms in total. The third-order valence-electron chi connectivity index (χ3n) is 8.17. The van der Waals surface area contributed by atoms with Crippen LogP contribution < -0.4 is 9.64 Å². The van der Waals surface area contributed by atoms with Crippen molar-refractivity contribution in [2.24, 2.45) is 0 Å². The molecule has 3 atom stereocenters. The molecule has 3 aromatic carbocycles. The summed E-state index contributed by atoms with van der Waals surface area (Å²) >= 11 is 6.20. The second-order valence-electron chi connectivity index (χ2n) is 11.9. The fourth-order valence-electron chi connectivity index (χ4n) is 6.02. The summed E-state index contributed by atoms with van der Waals surface area (Å²) in [5, 5.41) is -0.0137. The summed E-state index contributed by atoms with van der Waals surface area (Å²) in [4.78, 5) is 26.5. The van der Waals surface area contributed by atoms with Gasteiger partial charge in [-0.25, -0.2) is 14.8 Å². The first-order valence-corrected chi connectivity index (χ1v) is 16.1. The molecule has 1 amide bonds. The number of likely N-dealkylation sites (tertiary alicyclic amines) is 1. The topological polar surface area (TPSA) is 67.8 Å². The van der Waals surface area contributed by atoms with E-state index in [0.29, 0.717) is 43.1 Å². The van der Waals surface area contributed by atoms with Gasteiger partial charge in [0.2, 0.25) is 5.95 Å². The Labute approximate surface area is 278 Å². The molecule has 1 fully saturated rings. The Morgan fingerprint density at radius 3 is 2.26 bits per heavy atom. The average Bonchev–Trinajstić information content (AvgIpc) is 3.06. The molecule has 0 spiro atoms. The smallest absolute Gasteiger partial charge is 0.416 e. The van der Waals surface area contributed by atoms with E-state index in [2.05, 4.69) is 9.97 Å². The van der Waals surface area contributed by atoms with E-state index in [1.165, 1.54) is 6.07 Å². The van der Waals surface area contributed by atoms with Crippen LogP contribution >= 0.6 is 11.6 Å². The van der Waals surface area contributed by atoms with Crippen LogP contribution in [0.1, 0.15) is 68.3 Å². The molecule has 1 saturated heterocycles. The normalized spacial score (nSPS) is 18.2. The van der Waals surface area contributed by atoms with Crippen LogP contribution in [0.3, 0.4) is 0 Å². The van der Waals surface area contributed by atoms with E-state index in [-0.39, 0.29) is 35.8 Å². The predicted octanol–water partition coefficient (Wildman–Crippen LogP) is 9.26.